The fourth-order valence-corrected chi connectivity index (χ4v) is 6.15. The van der Waals surface area contributed by atoms with Crippen molar-refractivity contribution >= 4 is 18.0 Å². The second-order valence-corrected chi connectivity index (χ2v) is 12.6. The Hall–Kier alpha value is -3.35. The van der Waals surface area contributed by atoms with Gasteiger partial charge in [0.15, 0.2) is 0 Å². The van der Waals surface area contributed by atoms with Crippen molar-refractivity contribution < 1.29 is 28.6 Å². The van der Waals surface area contributed by atoms with Crippen LogP contribution in [-0.4, -0.2) is 29.7 Å². The standard InChI is InChI=1S/C33H43NO6/c1-22(18-28(35)40-32(2,3)4)30(36)39-26-16-15-24-19-25-14-10-7-11-17-33(5,27(24)20-26)29(25)34-31(37)38-21-23-12-8-6-9-13-23/h6,8-9,12-13,15-16,20,22,25,29H,7,10-11,14,17-19,21H2,1-5H3,(H,34,37)/t22-,25-,29-,33+/m0/s1. The molecule has 2 aromatic carbocycles. The first-order valence-corrected chi connectivity index (χ1v) is 14.5. The van der Waals surface area contributed by atoms with Gasteiger partial charge in [0.2, 0.25) is 0 Å². The average Bonchev–Trinajstić information content (AvgIpc) is 2.88. The van der Waals surface area contributed by atoms with Crippen molar-refractivity contribution in [1.29, 1.82) is 0 Å². The topological polar surface area (TPSA) is 90.9 Å². The Balaban J connectivity index is 1.50. The van der Waals surface area contributed by atoms with E-state index in [0.29, 0.717) is 11.7 Å². The lowest BCUT2D eigenvalue weighted by molar-refractivity contribution is -0.158. The van der Waals surface area contributed by atoms with E-state index in [2.05, 4.69) is 12.2 Å². The number of carbonyl (C=O) groups is 3. The summed E-state index contributed by atoms with van der Waals surface area (Å²) < 4.78 is 16.7. The van der Waals surface area contributed by atoms with Gasteiger partial charge in [0.25, 0.3) is 0 Å². The van der Waals surface area contributed by atoms with Crippen molar-refractivity contribution in [3.05, 3.63) is 65.2 Å². The molecule has 7 nitrogen and oxygen atoms in total. The predicted molar refractivity (Wildman–Crippen MR) is 153 cm³/mol. The third-order valence-corrected chi connectivity index (χ3v) is 8.11. The molecule has 2 aliphatic rings. The molecule has 0 radical (unpaired) electrons. The van der Waals surface area contributed by atoms with Crippen molar-refractivity contribution in [2.45, 2.75) is 103 Å². The van der Waals surface area contributed by atoms with Crippen LogP contribution in [0.25, 0.3) is 0 Å². The van der Waals surface area contributed by atoms with Crippen LogP contribution in [0.2, 0.25) is 0 Å². The molecular formula is C33H43NO6. The van der Waals surface area contributed by atoms with E-state index < -0.39 is 29.6 Å². The Morgan fingerprint density at radius 3 is 2.52 bits per heavy atom. The Morgan fingerprint density at radius 1 is 1.05 bits per heavy atom. The van der Waals surface area contributed by atoms with Crippen LogP contribution in [0.4, 0.5) is 4.79 Å². The molecular weight excluding hydrogens is 506 g/mol. The number of ether oxygens (including phenoxy) is 3. The van der Waals surface area contributed by atoms with Crippen molar-refractivity contribution in [2.24, 2.45) is 11.8 Å². The average molecular weight is 550 g/mol. The summed E-state index contributed by atoms with van der Waals surface area (Å²) in [5.41, 5.74) is 2.33. The summed E-state index contributed by atoms with van der Waals surface area (Å²) in [5.74, 6) is -0.790. The van der Waals surface area contributed by atoms with E-state index in [1.807, 2.05) is 48.5 Å². The van der Waals surface area contributed by atoms with Gasteiger partial charge in [-0.05, 0) is 74.8 Å². The molecule has 1 saturated carbocycles. The van der Waals surface area contributed by atoms with Gasteiger partial charge in [-0.3, -0.25) is 9.59 Å². The first kappa shape index (κ1) is 29.6. The molecule has 0 saturated heterocycles. The Kier molecular flexibility index (Phi) is 9.22. The molecule has 0 heterocycles. The van der Waals surface area contributed by atoms with Gasteiger partial charge in [-0.1, -0.05) is 69.5 Å². The summed E-state index contributed by atoms with van der Waals surface area (Å²) in [4.78, 5) is 38.1. The zero-order valence-corrected chi connectivity index (χ0v) is 24.5. The number of hydrogen-bond donors (Lipinski definition) is 1. The number of fused-ring (bicyclic) bond motifs is 4. The molecule has 1 N–H and O–H groups in total. The smallest absolute Gasteiger partial charge is 0.407 e. The largest absolute Gasteiger partial charge is 0.460 e. The quantitative estimate of drug-likeness (QED) is 0.307. The number of amides is 1. The minimum absolute atomic E-state index is 0.0441. The fourth-order valence-electron chi connectivity index (χ4n) is 6.15. The highest BCUT2D eigenvalue weighted by Crippen LogP contribution is 2.47. The minimum Gasteiger partial charge on any atom is -0.460 e. The van der Waals surface area contributed by atoms with Gasteiger partial charge in [0, 0.05) is 11.5 Å². The zero-order valence-electron chi connectivity index (χ0n) is 24.5. The Morgan fingerprint density at radius 2 is 1.80 bits per heavy atom. The molecule has 0 unspecified atom stereocenters. The first-order chi connectivity index (χ1) is 18.9. The lowest BCUT2D eigenvalue weighted by Gasteiger charge is -2.49. The summed E-state index contributed by atoms with van der Waals surface area (Å²) in [6, 6.07) is 15.4. The van der Waals surface area contributed by atoms with Gasteiger partial charge < -0.3 is 19.5 Å². The summed E-state index contributed by atoms with van der Waals surface area (Å²) in [6.45, 7) is 9.50. The number of benzene rings is 2. The van der Waals surface area contributed by atoms with Crippen molar-refractivity contribution in [3.63, 3.8) is 0 Å². The Labute approximate surface area is 238 Å². The van der Waals surface area contributed by atoms with E-state index in [-0.39, 0.29) is 24.5 Å². The number of carbonyl (C=O) groups excluding carboxylic acids is 3. The first-order valence-electron chi connectivity index (χ1n) is 14.5. The number of nitrogens with one attached hydrogen (secondary N) is 1. The summed E-state index contributed by atoms with van der Waals surface area (Å²) in [5, 5.41) is 3.24. The van der Waals surface area contributed by atoms with Crippen LogP contribution in [0.3, 0.4) is 0 Å². The molecule has 0 aromatic heterocycles. The van der Waals surface area contributed by atoms with E-state index in [9.17, 15) is 14.4 Å². The summed E-state index contributed by atoms with van der Waals surface area (Å²) in [6.07, 6.45) is 5.69. The van der Waals surface area contributed by atoms with Crippen LogP contribution in [-0.2, 0) is 37.5 Å². The van der Waals surface area contributed by atoms with Gasteiger partial charge in [-0.25, -0.2) is 4.79 Å². The third-order valence-electron chi connectivity index (χ3n) is 8.11. The van der Waals surface area contributed by atoms with Crippen LogP contribution in [0.5, 0.6) is 5.75 Å². The second kappa shape index (κ2) is 12.4. The SMILES string of the molecule is C[C@@H](CC(=O)OC(C)(C)C)C(=O)Oc1ccc2c(c1)[C@@]1(C)CCCCC[C@@H](C2)[C@@H]1NC(=O)OCc1ccccc1. The maximum absolute atomic E-state index is 13.0. The maximum atomic E-state index is 13.0. The van der Waals surface area contributed by atoms with E-state index in [1.54, 1.807) is 27.7 Å². The molecule has 0 spiro atoms. The number of esters is 2. The number of hydrogen-bond acceptors (Lipinski definition) is 6. The van der Waals surface area contributed by atoms with Gasteiger partial charge in [-0.15, -0.1) is 0 Å². The second-order valence-electron chi connectivity index (χ2n) is 12.6. The van der Waals surface area contributed by atoms with Gasteiger partial charge in [-0.2, -0.15) is 0 Å². The molecule has 4 atom stereocenters. The van der Waals surface area contributed by atoms with Crippen molar-refractivity contribution in [2.75, 3.05) is 0 Å². The van der Waals surface area contributed by atoms with Gasteiger partial charge in [0.1, 0.15) is 18.0 Å². The monoisotopic (exact) mass is 549 g/mol. The van der Waals surface area contributed by atoms with Crippen LogP contribution in [0.15, 0.2) is 48.5 Å². The molecule has 2 aromatic rings. The summed E-state index contributed by atoms with van der Waals surface area (Å²) >= 11 is 0. The summed E-state index contributed by atoms with van der Waals surface area (Å²) in [7, 11) is 0. The molecule has 7 heteroatoms. The predicted octanol–water partition coefficient (Wildman–Crippen LogP) is 6.65. The van der Waals surface area contributed by atoms with Crippen LogP contribution < -0.4 is 10.1 Å². The lowest BCUT2D eigenvalue weighted by Crippen LogP contribution is -2.57. The van der Waals surface area contributed by atoms with Gasteiger partial charge in [0.05, 0.1) is 12.3 Å². The highest BCUT2D eigenvalue weighted by molar-refractivity contribution is 5.81. The van der Waals surface area contributed by atoms with Crippen LogP contribution in [0, 0.1) is 11.8 Å². The highest BCUT2D eigenvalue weighted by atomic mass is 16.6. The third kappa shape index (κ3) is 7.43. The molecule has 0 aliphatic heterocycles. The fraction of sp³-hybridized carbons (Fsp3) is 0.545. The zero-order chi connectivity index (χ0) is 28.9. The molecule has 216 valence electrons. The van der Waals surface area contributed by atoms with E-state index in [1.165, 1.54) is 5.56 Å². The molecule has 2 bridgehead atoms. The lowest BCUT2D eigenvalue weighted by atomic mass is 9.59. The van der Waals surface area contributed by atoms with E-state index in [0.717, 1.165) is 49.7 Å². The molecule has 2 aliphatic carbocycles. The highest BCUT2D eigenvalue weighted by Gasteiger charge is 2.47. The number of rotatable bonds is 7. The minimum atomic E-state index is -0.638. The van der Waals surface area contributed by atoms with Crippen LogP contribution in [0.1, 0.15) is 89.8 Å². The normalized spacial score (nSPS) is 23.0. The maximum Gasteiger partial charge on any atom is 0.407 e. The Bertz CT molecular complexity index is 1200. The molecule has 1 fully saturated rings. The van der Waals surface area contributed by atoms with Crippen LogP contribution >= 0.6 is 0 Å². The number of alkyl carbamates (subject to hydrolysis) is 1. The molecule has 40 heavy (non-hydrogen) atoms. The van der Waals surface area contributed by atoms with Gasteiger partial charge >= 0.3 is 18.0 Å². The van der Waals surface area contributed by atoms with E-state index in [4.69, 9.17) is 14.2 Å². The molecule has 4 rings (SSSR count). The van der Waals surface area contributed by atoms with Crippen molar-refractivity contribution in [1.82, 2.24) is 5.32 Å². The molecule has 1 amide bonds. The van der Waals surface area contributed by atoms with E-state index >= 15 is 0 Å². The van der Waals surface area contributed by atoms with Crippen molar-refractivity contribution in [3.8, 4) is 5.75 Å².